The molecule has 1 amide bonds. The molecule has 8 heteroatoms. The average Bonchev–Trinajstić information content (AvgIpc) is 2.69. The Bertz CT molecular complexity index is 540. The lowest BCUT2D eigenvalue weighted by molar-refractivity contribution is -0.126. The van der Waals surface area contributed by atoms with Crippen LogP contribution in [0.25, 0.3) is 0 Å². The Labute approximate surface area is 112 Å². The van der Waals surface area contributed by atoms with Gasteiger partial charge in [0.2, 0.25) is 5.91 Å². The SMILES string of the molecule is C[C@H]1C(=O)NCCN1S(=O)(=O)c1ccc(Br)s1. The van der Waals surface area contributed by atoms with Crippen molar-refractivity contribution in [2.45, 2.75) is 17.2 Å². The average molecular weight is 339 g/mol. The Morgan fingerprint density at radius 1 is 1.53 bits per heavy atom. The normalized spacial score (nSPS) is 22.5. The number of carbonyl (C=O) groups is 1. The van der Waals surface area contributed by atoms with Crippen molar-refractivity contribution in [3.05, 3.63) is 15.9 Å². The van der Waals surface area contributed by atoms with Crippen LogP contribution in [0.4, 0.5) is 0 Å². The maximum Gasteiger partial charge on any atom is 0.253 e. The first-order valence-electron chi connectivity index (χ1n) is 4.98. The van der Waals surface area contributed by atoms with Gasteiger partial charge in [0.05, 0.1) is 3.79 Å². The van der Waals surface area contributed by atoms with E-state index in [0.29, 0.717) is 13.1 Å². The summed E-state index contributed by atoms with van der Waals surface area (Å²) in [6.45, 7) is 2.26. The van der Waals surface area contributed by atoms with E-state index >= 15 is 0 Å². The standard InChI is InChI=1S/C9H11BrN2O3S2/c1-6-9(13)11-4-5-12(6)17(14,15)8-3-2-7(10)16-8/h2-3,6H,4-5H2,1H3,(H,11,13)/t6-/m0/s1. The van der Waals surface area contributed by atoms with Gasteiger partial charge < -0.3 is 5.32 Å². The third-order valence-electron chi connectivity index (χ3n) is 2.55. The van der Waals surface area contributed by atoms with Crippen LogP contribution in [0, 0.1) is 0 Å². The zero-order valence-electron chi connectivity index (χ0n) is 9.01. The van der Waals surface area contributed by atoms with Crippen LogP contribution in [0.2, 0.25) is 0 Å². The van der Waals surface area contributed by atoms with E-state index < -0.39 is 16.1 Å². The van der Waals surface area contributed by atoms with Gasteiger partial charge in [0, 0.05) is 13.1 Å². The lowest BCUT2D eigenvalue weighted by Gasteiger charge is -2.31. The fourth-order valence-corrected chi connectivity index (χ4v) is 5.38. The summed E-state index contributed by atoms with van der Waals surface area (Å²) >= 11 is 4.38. The van der Waals surface area contributed by atoms with Gasteiger partial charge in [-0.2, -0.15) is 4.31 Å². The Hall–Kier alpha value is -0.440. The zero-order chi connectivity index (χ0) is 12.6. The van der Waals surface area contributed by atoms with Gasteiger partial charge in [0.1, 0.15) is 10.3 Å². The number of nitrogens with one attached hydrogen (secondary N) is 1. The summed E-state index contributed by atoms with van der Waals surface area (Å²) in [5, 5.41) is 2.64. The highest BCUT2D eigenvalue weighted by Gasteiger charge is 2.36. The molecule has 17 heavy (non-hydrogen) atoms. The summed E-state index contributed by atoms with van der Waals surface area (Å²) in [6.07, 6.45) is 0. The molecule has 2 rings (SSSR count). The van der Waals surface area contributed by atoms with Crippen LogP contribution in [0.1, 0.15) is 6.92 Å². The fraction of sp³-hybridized carbons (Fsp3) is 0.444. The molecule has 1 aliphatic rings. The van der Waals surface area contributed by atoms with Gasteiger partial charge in [-0.05, 0) is 35.0 Å². The Balaban J connectivity index is 2.35. The molecule has 5 nitrogen and oxygen atoms in total. The van der Waals surface area contributed by atoms with Crippen LogP contribution in [-0.2, 0) is 14.8 Å². The molecule has 1 aliphatic heterocycles. The lowest BCUT2D eigenvalue weighted by atomic mass is 10.2. The van der Waals surface area contributed by atoms with Gasteiger partial charge in [-0.1, -0.05) is 0 Å². The largest absolute Gasteiger partial charge is 0.353 e. The zero-order valence-corrected chi connectivity index (χ0v) is 12.2. The number of amides is 1. The lowest BCUT2D eigenvalue weighted by Crippen LogP contribution is -2.55. The second-order valence-corrected chi connectivity index (χ2v) is 8.22. The quantitative estimate of drug-likeness (QED) is 0.875. The van der Waals surface area contributed by atoms with E-state index in [2.05, 4.69) is 21.2 Å². The molecule has 1 atom stereocenters. The number of piperazine rings is 1. The molecule has 94 valence electrons. The minimum Gasteiger partial charge on any atom is -0.353 e. The molecule has 1 N–H and O–H groups in total. The topological polar surface area (TPSA) is 66.5 Å². The van der Waals surface area contributed by atoms with Crippen LogP contribution in [-0.4, -0.2) is 37.8 Å². The number of sulfonamides is 1. The molecule has 0 aromatic carbocycles. The molecule has 0 spiro atoms. The van der Waals surface area contributed by atoms with Gasteiger partial charge in [-0.15, -0.1) is 11.3 Å². The van der Waals surface area contributed by atoms with E-state index in [9.17, 15) is 13.2 Å². The monoisotopic (exact) mass is 338 g/mol. The number of carbonyl (C=O) groups excluding carboxylic acids is 1. The summed E-state index contributed by atoms with van der Waals surface area (Å²) in [4.78, 5) is 11.5. The molecule has 2 heterocycles. The predicted molar refractivity (Wildman–Crippen MR) is 68.4 cm³/mol. The Kier molecular flexibility index (Phi) is 3.58. The molecule has 0 bridgehead atoms. The summed E-state index contributed by atoms with van der Waals surface area (Å²) in [7, 11) is -3.56. The van der Waals surface area contributed by atoms with Gasteiger partial charge in [0.25, 0.3) is 10.0 Å². The second-order valence-electron chi connectivity index (χ2n) is 3.64. The number of hydrogen-bond acceptors (Lipinski definition) is 4. The highest BCUT2D eigenvalue weighted by atomic mass is 79.9. The van der Waals surface area contributed by atoms with Crippen molar-refractivity contribution in [2.75, 3.05) is 13.1 Å². The van der Waals surface area contributed by atoms with Crippen LogP contribution in [0.15, 0.2) is 20.1 Å². The van der Waals surface area contributed by atoms with Crippen molar-refractivity contribution >= 4 is 43.2 Å². The first-order chi connectivity index (χ1) is 7.93. The molecule has 0 unspecified atom stereocenters. The molecule has 0 saturated carbocycles. The van der Waals surface area contributed by atoms with E-state index in [4.69, 9.17) is 0 Å². The minimum atomic E-state index is -3.56. The Morgan fingerprint density at radius 3 is 2.82 bits per heavy atom. The third kappa shape index (κ3) is 2.40. The highest BCUT2D eigenvalue weighted by molar-refractivity contribution is 9.11. The van der Waals surface area contributed by atoms with Gasteiger partial charge in [0.15, 0.2) is 0 Å². The number of halogens is 1. The smallest absolute Gasteiger partial charge is 0.253 e. The summed E-state index contributed by atoms with van der Waals surface area (Å²) in [6, 6.07) is 2.57. The molecule has 1 aromatic rings. The molecule has 0 aliphatic carbocycles. The van der Waals surface area contributed by atoms with Crippen molar-refractivity contribution in [2.24, 2.45) is 0 Å². The van der Waals surface area contributed by atoms with E-state index in [1.54, 1.807) is 19.1 Å². The first kappa shape index (κ1) is 13.0. The Morgan fingerprint density at radius 2 is 2.24 bits per heavy atom. The van der Waals surface area contributed by atoms with Crippen LogP contribution in [0.3, 0.4) is 0 Å². The van der Waals surface area contributed by atoms with E-state index in [1.165, 1.54) is 4.31 Å². The molecular weight excluding hydrogens is 328 g/mol. The van der Waals surface area contributed by atoms with Crippen molar-refractivity contribution in [1.29, 1.82) is 0 Å². The van der Waals surface area contributed by atoms with Gasteiger partial charge in [-0.25, -0.2) is 8.42 Å². The number of rotatable bonds is 2. The van der Waals surface area contributed by atoms with E-state index in [0.717, 1.165) is 15.1 Å². The van der Waals surface area contributed by atoms with Gasteiger partial charge >= 0.3 is 0 Å². The molecule has 1 fully saturated rings. The predicted octanol–water partition coefficient (Wildman–Crippen LogP) is 1.02. The highest BCUT2D eigenvalue weighted by Crippen LogP contribution is 2.29. The molecular formula is C9H11BrN2O3S2. The minimum absolute atomic E-state index is 0.254. The summed E-state index contributed by atoms with van der Waals surface area (Å²) in [5.41, 5.74) is 0. The van der Waals surface area contributed by atoms with E-state index in [1.807, 2.05) is 0 Å². The van der Waals surface area contributed by atoms with Gasteiger partial charge in [-0.3, -0.25) is 4.79 Å². The number of hydrogen-bond donors (Lipinski definition) is 1. The van der Waals surface area contributed by atoms with Crippen molar-refractivity contribution in [3.8, 4) is 0 Å². The van der Waals surface area contributed by atoms with Crippen LogP contribution < -0.4 is 5.32 Å². The van der Waals surface area contributed by atoms with Crippen molar-refractivity contribution in [3.63, 3.8) is 0 Å². The van der Waals surface area contributed by atoms with Crippen LogP contribution in [0.5, 0.6) is 0 Å². The molecule has 0 radical (unpaired) electrons. The number of thiophene rings is 1. The second kappa shape index (κ2) is 4.68. The maximum absolute atomic E-state index is 12.3. The maximum atomic E-state index is 12.3. The summed E-state index contributed by atoms with van der Waals surface area (Å²) < 4.78 is 26.8. The van der Waals surface area contributed by atoms with Crippen molar-refractivity contribution < 1.29 is 13.2 Å². The fourth-order valence-electron chi connectivity index (χ4n) is 1.64. The van der Waals surface area contributed by atoms with E-state index in [-0.39, 0.29) is 10.1 Å². The molecule has 1 saturated heterocycles. The third-order valence-corrected chi connectivity index (χ3v) is 6.62. The first-order valence-corrected chi connectivity index (χ1v) is 8.03. The summed E-state index contributed by atoms with van der Waals surface area (Å²) in [5.74, 6) is -0.254. The van der Waals surface area contributed by atoms with Crippen molar-refractivity contribution in [1.82, 2.24) is 9.62 Å². The molecule has 1 aromatic heterocycles. The van der Waals surface area contributed by atoms with Crippen LogP contribution >= 0.6 is 27.3 Å². The number of nitrogens with zero attached hydrogens (tertiary/aromatic N) is 1.